The van der Waals surface area contributed by atoms with Gasteiger partial charge in [-0.25, -0.2) is 4.79 Å². The van der Waals surface area contributed by atoms with Gasteiger partial charge >= 0.3 is 6.03 Å². The normalized spacial score (nSPS) is 25.1. The second-order valence-electron chi connectivity index (χ2n) is 5.09. The van der Waals surface area contributed by atoms with Gasteiger partial charge in [0.1, 0.15) is 0 Å². The first-order valence-electron chi connectivity index (χ1n) is 6.40. The van der Waals surface area contributed by atoms with E-state index in [1.807, 2.05) is 11.8 Å². The Morgan fingerprint density at radius 2 is 2.29 bits per heavy atom. The van der Waals surface area contributed by atoms with Gasteiger partial charge in [-0.15, -0.1) is 0 Å². The van der Waals surface area contributed by atoms with Crippen molar-refractivity contribution in [3.05, 3.63) is 0 Å². The number of ether oxygens (including phenoxy) is 1. The molecule has 0 spiro atoms. The lowest BCUT2D eigenvalue weighted by Crippen LogP contribution is -2.58. The summed E-state index contributed by atoms with van der Waals surface area (Å²) in [6.45, 7) is 9.17. The molecule has 0 aliphatic carbocycles. The molecule has 1 atom stereocenters. The molecule has 1 saturated heterocycles. The van der Waals surface area contributed by atoms with E-state index in [1.165, 1.54) is 0 Å². The number of nitrogens with two attached hydrogens (primary N) is 1. The molecule has 0 saturated carbocycles. The van der Waals surface area contributed by atoms with E-state index in [9.17, 15) is 4.79 Å². The molecule has 0 aromatic rings. The lowest BCUT2D eigenvalue weighted by molar-refractivity contribution is -0.0930. The summed E-state index contributed by atoms with van der Waals surface area (Å²) in [5, 5.41) is 2.93. The maximum Gasteiger partial charge on any atom is 0.317 e. The zero-order valence-corrected chi connectivity index (χ0v) is 11.2. The SMILES string of the molecule is CCC1(CN)CN(C(=O)NCC(C)C)CCO1. The van der Waals surface area contributed by atoms with Gasteiger partial charge in [0.05, 0.1) is 18.8 Å². The molecule has 0 aromatic heterocycles. The van der Waals surface area contributed by atoms with Crippen LogP contribution in [0.2, 0.25) is 0 Å². The van der Waals surface area contributed by atoms with Crippen molar-refractivity contribution in [1.29, 1.82) is 0 Å². The minimum Gasteiger partial charge on any atom is -0.370 e. The van der Waals surface area contributed by atoms with Crippen molar-refractivity contribution >= 4 is 6.03 Å². The van der Waals surface area contributed by atoms with Crippen LogP contribution in [-0.4, -0.2) is 49.3 Å². The second-order valence-corrected chi connectivity index (χ2v) is 5.09. The maximum atomic E-state index is 11.9. The van der Waals surface area contributed by atoms with Gasteiger partial charge in [0.15, 0.2) is 0 Å². The predicted molar refractivity (Wildman–Crippen MR) is 67.8 cm³/mol. The maximum absolute atomic E-state index is 11.9. The van der Waals surface area contributed by atoms with Crippen LogP contribution < -0.4 is 11.1 Å². The van der Waals surface area contributed by atoms with E-state index < -0.39 is 0 Å². The van der Waals surface area contributed by atoms with Crippen LogP contribution in [0, 0.1) is 5.92 Å². The minimum atomic E-state index is -0.354. The Hall–Kier alpha value is -0.810. The molecule has 2 amide bonds. The highest BCUT2D eigenvalue weighted by molar-refractivity contribution is 5.74. The molecule has 1 rings (SSSR count). The molecule has 0 aromatic carbocycles. The van der Waals surface area contributed by atoms with E-state index >= 15 is 0 Å². The number of urea groups is 1. The first kappa shape index (κ1) is 14.3. The number of carbonyl (C=O) groups is 1. The summed E-state index contributed by atoms with van der Waals surface area (Å²) in [6.07, 6.45) is 0.831. The number of nitrogens with one attached hydrogen (secondary N) is 1. The Balaban J connectivity index is 2.51. The van der Waals surface area contributed by atoms with E-state index in [0.717, 1.165) is 6.42 Å². The number of carbonyl (C=O) groups excluding carboxylic acids is 1. The first-order chi connectivity index (χ1) is 8.03. The van der Waals surface area contributed by atoms with E-state index in [0.29, 0.717) is 38.7 Å². The van der Waals surface area contributed by atoms with Crippen molar-refractivity contribution in [1.82, 2.24) is 10.2 Å². The number of morpholine rings is 1. The summed E-state index contributed by atoms with van der Waals surface area (Å²) in [5.41, 5.74) is 5.40. The van der Waals surface area contributed by atoms with Gasteiger partial charge in [-0.1, -0.05) is 20.8 Å². The molecule has 1 aliphatic heterocycles. The lowest BCUT2D eigenvalue weighted by Gasteiger charge is -2.41. The molecule has 3 N–H and O–H groups in total. The van der Waals surface area contributed by atoms with Gasteiger partial charge in [-0.3, -0.25) is 0 Å². The average Bonchev–Trinajstić information content (AvgIpc) is 2.35. The van der Waals surface area contributed by atoms with Crippen LogP contribution in [0.3, 0.4) is 0 Å². The van der Waals surface area contributed by atoms with Gasteiger partial charge in [0, 0.05) is 19.6 Å². The molecule has 100 valence electrons. The third kappa shape index (κ3) is 3.85. The highest BCUT2D eigenvalue weighted by Gasteiger charge is 2.35. The molecule has 17 heavy (non-hydrogen) atoms. The Labute approximate surface area is 104 Å². The quantitative estimate of drug-likeness (QED) is 0.767. The largest absolute Gasteiger partial charge is 0.370 e. The molecular weight excluding hydrogens is 218 g/mol. The van der Waals surface area contributed by atoms with Crippen LogP contribution in [0.15, 0.2) is 0 Å². The molecule has 5 heteroatoms. The van der Waals surface area contributed by atoms with Crippen LogP contribution in [-0.2, 0) is 4.74 Å². The second kappa shape index (κ2) is 6.21. The van der Waals surface area contributed by atoms with E-state index in [4.69, 9.17) is 10.5 Å². The van der Waals surface area contributed by atoms with Crippen molar-refractivity contribution in [3.63, 3.8) is 0 Å². The van der Waals surface area contributed by atoms with Crippen LogP contribution in [0.5, 0.6) is 0 Å². The molecule has 1 aliphatic rings. The number of hydrogen-bond donors (Lipinski definition) is 2. The smallest absolute Gasteiger partial charge is 0.317 e. The average molecular weight is 243 g/mol. The number of nitrogens with zero attached hydrogens (tertiary/aromatic N) is 1. The zero-order chi connectivity index (χ0) is 12.9. The molecule has 1 unspecified atom stereocenters. The van der Waals surface area contributed by atoms with E-state index in [2.05, 4.69) is 19.2 Å². The Bertz CT molecular complexity index is 252. The molecular formula is C12H25N3O2. The molecule has 0 radical (unpaired) electrons. The fourth-order valence-electron chi connectivity index (χ4n) is 1.90. The van der Waals surface area contributed by atoms with Crippen LogP contribution >= 0.6 is 0 Å². The van der Waals surface area contributed by atoms with Gasteiger partial charge < -0.3 is 20.7 Å². The van der Waals surface area contributed by atoms with Gasteiger partial charge in [-0.2, -0.15) is 0 Å². The number of rotatable bonds is 4. The van der Waals surface area contributed by atoms with Crippen LogP contribution in [0.4, 0.5) is 4.79 Å². The third-order valence-corrected chi connectivity index (χ3v) is 3.21. The summed E-state index contributed by atoms with van der Waals surface area (Å²) >= 11 is 0. The minimum absolute atomic E-state index is 0.00623. The zero-order valence-electron chi connectivity index (χ0n) is 11.2. The summed E-state index contributed by atoms with van der Waals surface area (Å²) in [7, 11) is 0. The molecule has 5 nitrogen and oxygen atoms in total. The lowest BCUT2D eigenvalue weighted by atomic mass is 9.98. The monoisotopic (exact) mass is 243 g/mol. The van der Waals surface area contributed by atoms with Crippen molar-refractivity contribution < 1.29 is 9.53 Å². The van der Waals surface area contributed by atoms with Gasteiger partial charge in [-0.05, 0) is 12.3 Å². The summed E-state index contributed by atoms with van der Waals surface area (Å²) in [5.74, 6) is 0.463. The summed E-state index contributed by atoms with van der Waals surface area (Å²) in [6, 6.07) is -0.00623. The Morgan fingerprint density at radius 3 is 2.82 bits per heavy atom. The van der Waals surface area contributed by atoms with Crippen LogP contribution in [0.25, 0.3) is 0 Å². The van der Waals surface area contributed by atoms with E-state index in [-0.39, 0.29) is 11.6 Å². The van der Waals surface area contributed by atoms with Crippen LogP contribution in [0.1, 0.15) is 27.2 Å². The number of hydrogen-bond acceptors (Lipinski definition) is 3. The Morgan fingerprint density at radius 1 is 1.59 bits per heavy atom. The third-order valence-electron chi connectivity index (χ3n) is 3.21. The molecule has 1 fully saturated rings. The fraction of sp³-hybridized carbons (Fsp3) is 0.917. The van der Waals surface area contributed by atoms with Crippen molar-refractivity contribution in [2.75, 3.05) is 32.8 Å². The van der Waals surface area contributed by atoms with Crippen molar-refractivity contribution in [2.24, 2.45) is 11.7 Å². The highest BCUT2D eigenvalue weighted by Crippen LogP contribution is 2.20. The molecule has 1 heterocycles. The van der Waals surface area contributed by atoms with Crippen molar-refractivity contribution in [2.45, 2.75) is 32.8 Å². The van der Waals surface area contributed by atoms with E-state index in [1.54, 1.807) is 0 Å². The molecule has 0 bridgehead atoms. The summed E-state index contributed by atoms with van der Waals surface area (Å²) < 4.78 is 5.72. The predicted octanol–water partition coefficient (Wildman–Crippen LogP) is 0.792. The van der Waals surface area contributed by atoms with Gasteiger partial charge in [0.25, 0.3) is 0 Å². The first-order valence-corrected chi connectivity index (χ1v) is 6.40. The Kier molecular flexibility index (Phi) is 5.21. The highest BCUT2D eigenvalue weighted by atomic mass is 16.5. The van der Waals surface area contributed by atoms with Crippen molar-refractivity contribution in [3.8, 4) is 0 Å². The number of amides is 2. The topological polar surface area (TPSA) is 67.6 Å². The van der Waals surface area contributed by atoms with Gasteiger partial charge in [0.2, 0.25) is 0 Å². The summed E-state index contributed by atoms with van der Waals surface area (Å²) in [4.78, 5) is 13.7. The fourth-order valence-corrected chi connectivity index (χ4v) is 1.90. The standard InChI is InChI=1S/C12H25N3O2/c1-4-12(8-13)9-15(5-6-17-12)11(16)14-7-10(2)3/h10H,4-9,13H2,1-3H3,(H,14,16).